The lowest BCUT2D eigenvalue weighted by atomic mass is 10.3. The minimum absolute atomic E-state index is 0.538. The maximum atomic E-state index is 5.64. The van der Waals surface area contributed by atoms with Crippen LogP contribution in [0.25, 0.3) is 0 Å². The first-order valence-corrected chi connectivity index (χ1v) is 5.32. The molecule has 0 atom stereocenters. The molecule has 0 spiro atoms. The summed E-state index contributed by atoms with van der Waals surface area (Å²) in [5.74, 6) is 1.21. The number of anilines is 1. The van der Waals surface area contributed by atoms with E-state index in [0.717, 1.165) is 3.57 Å². The fraction of sp³-hybridized carbons (Fsp3) is 0. The van der Waals surface area contributed by atoms with Gasteiger partial charge in [0.2, 0.25) is 5.88 Å². The number of aromatic nitrogens is 2. The summed E-state index contributed by atoms with van der Waals surface area (Å²) in [5, 5.41) is 0. The maximum absolute atomic E-state index is 5.64. The zero-order valence-electron chi connectivity index (χ0n) is 7.72. The van der Waals surface area contributed by atoms with E-state index in [4.69, 9.17) is 10.5 Å². The Bertz CT molecular complexity index is 476. The quantitative estimate of drug-likeness (QED) is 0.683. The molecule has 1 aromatic heterocycles. The van der Waals surface area contributed by atoms with Crippen LogP contribution in [0.15, 0.2) is 36.8 Å². The third-order valence-electron chi connectivity index (χ3n) is 1.71. The number of rotatable bonds is 2. The van der Waals surface area contributed by atoms with Crippen molar-refractivity contribution in [3.8, 4) is 11.6 Å². The van der Waals surface area contributed by atoms with E-state index < -0.39 is 0 Å². The Morgan fingerprint density at radius 3 is 2.93 bits per heavy atom. The molecule has 4 nitrogen and oxygen atoms in total. The van der Waals surface area contributed by atoms with E-state index in [0.29, 0.717) is 17.3 Å². The molecule has 2 N–H and O–H groups in total. The Balaban J connectivity index is 2.26. The van der Waals surface area contributed by atoms with Crippen LogP contribution < -0.4 is 10.5 Å². The van der Waals surface area contributed by atoms with Gasteiger partial charge in [-0.3, -0.25) is 0 Å². The molecule has 0 aliphatic heterocycles. The normalized spacial score (nSPS) is 9.93. The smallest absolute Gasteiger partial charge is 0.235 e. The SMILES string of the molecule is Nc1cccc(Oc2ncncc2I)c1. The fourth-order valence-electron chi connectivity index (χ4n) is 1.07. The van der Waals surface area contributed by atoms with Crippen molar-refractivity contribution >= 4 is 28.3 Å². The standard InChI is InChI=1S/C10H8IN3O/c11-9-5-13-6-14-10(9)15-8-3-1-2-7(12)4-8/h1-6H,12H2. The van der Waals surface area contributed by atoms with Crippen molar-refractivity contribution in [2.24, 2.45) is 0 Å². The molecule has 0 unspecified atom stereocenters. The Labute approximate surface area is 101 Å². The Morgan fingerprint density at radius 1 is 1.33 bits per heavy atom. The van der Waals surface area contributed by atoms with E-state index in [1.54, 1.807) is 18.3 Å². The highest BCUT2D eigenvalue weighted by Gasteiger charge is 2.03. The Hall–Kier alpha value is -1.37. The number of halogens is 1. The van der Waals surface area contributed by atoms with Gasteiger partial charge in [-0.15, -0.1) is 0 Å². The summed E-state index contributed by atoms with van der Waals surface area (Å²) in [4.78, 5) is 7.90. The van der Waals surface area contributed by atoms with E-state index in [9.17, 15) is 0 Å². The highest BCUT2D eigenvalue weighted by atomic mass is 127. The molecule has 0 bridgehead atoms. The summed E-state index contributed by atoms with van der Waals surface area (Å²) >= 11 is 2.11. The van der Waals surface area contributed by atoms with Crippen molar-refractivity contribution in [3.05, 3.63) is 40.4 Å². The molecule has 0 saturated heterocycles. The van der Waals surface area contributed by atoms with Gasteiger partial charge in [0.25, 0.3) is 0 Å². The van der Waals surface area contributed by atoms with Crippen LogP contribution in [0.3, 0.4) is 0 Å². The number of hydrogen-bond donors (Lipinski definition) is 1. The van der Waals surface area contributed by atoms with Gasteiger partial charge < -0.3 is 10.5 Å². The van der Waals surface area contributed by atoms with Crippen LogP contribution in [0, 0.1) is 3.57 Å². The number of hydrogen-bond acceptors (Lipinski definition) is 4. The first kappa shape index (κ1) is 10.2. The van der Waals surface area contributed by atoms with Gasteiger partial charge in [-0.25, -0.2) is 9.97 Å². The van der Waals surface area contributed by atoms with E-state index >= 15 is 0 Å². The minimum Gasteiger partial charge on any atom is -0.438 e. The van der Waals surface area contributed by atoms with E-state index in [1.165, 1.54) is 6.33 Å². The van der Waals surface area contributed by atoms with Crippen molar-refractivity contribution in [1.29, 1.82) is 0 Å². The summed E-state index contributed by atoms with van der Waals surface area (Å²) in [6.07, 6.45) is 3.14. The highest BCUT2D eigenvalue weighted by molar-refractivity contribution is 14.1. The molecule has 76 valence electrons. The number of nitrogen functional groups attached to an aromatic ring is 1. The number of nitrogens with zero attached hydrogens (tertiary/aromatic N) is 2. The molecule has 2 rings (SSSR count). The van der Waals surface area contributed by atoms with Gasteiger partial charge in [-0.2, -0.15) is 0 Å². The van der Waals surface area contributed by atoms with Crippen LogP contribution in [0.4, 0.5) is 5.69 Å². The summed E-state index contributed by atoms with van der Waals surface area (Å²) in [7, 11) is 0. The summed E-state index contributed by atoms with van der Waals surface area (Å²) in [6, 6.07) is 7.21. The molecule has 0 aliphatic carbocycles. The molecule has 0 amide bonds. The van der Waals surface area contributed by atoms with Gasteiger partial charge in [0, 0.05) is 18.0 Å². The predicted octanol–water partition coefficient (Wildman–Crippen LogP) is 2.46. The number of benzene rings is 1. The van der Waals surface area contributed by atoms with Gasteiger partial charge in [0.15, 0.2) is 0 Å². The monoisotopic (exact) mass is 313 g/mol. The topological polar surface area (TPSA) is 61.0 Å². The summed E-state index contributed by atoms with van der Waals surface area (Å²) in [5.41, 5.74) is 6.30. The third kappa shape index (κ3) is 2.56. The Morgan fingerprint density at radius 2 is 2.20 bits per heavy atom. The molecule has 15 heavy (non-hydrogen) atoms. The first-order valence-electron chi connectivity index (χ1n) is 4.24. The van der Waals surface area contributed by atoms with E-state index in [1.807, 2.05) is 12.1 Å². The zero-order chi connectivity index (χ0) is 10.7. The van der Waals surface area contributed by atoms with Crippen LogP contribution in [0.1, 0.15) is 0 Å². The van der Waals surface area contributed by atoms with E-state index in [2.05, 4.69) is 32.6 Å². The lowest BCUT2D eigenvalue weighted by molar-refractivity contribution is 0.458. The molecule has 0 saturated carbocycles. The second kappa shape index (κ2) is 4.43. The molecular weight excluding hydrogens is 305 g/mol. The highest BCUT2D eigenvalue weighted by Crippen LogP contribution is 2.24. The average molecular weight is 313 g/mol. The van der Waals surface area contributed by atoms with Gasteiger partial charge >= 0.3 is 0 Å². The molecule has 0 fully saturated rings. The van der Waals surface area contributed by atoms with Crippen molar-refractivity contribution in [3.63, 3.8) is 0 Å². The zero-order valence-corrected chi connectivity index (χ0v) is 9.88. The minimum atomic E-state index is 0.538. The Kier molecular flexibility index (Phi) is 3.00. The lowest BCUT2D eigenvalue weighted by Gasteiger charge is -2.05. The van der Waals surface area contributed by atoms with Gasteiger partial charge in [-0.05, 0) is 34.7 Å². The van der Waals surface area contributed by atoms with Crippen LogP contribution in [-0.2, 0) is 0 Å². The van der Waals surface area contributed by atoms with Crippen LogP contribution in [-0.4, -0.2) is 9.97 Å². The van der Waals surface area contributed by atoms with Gasteiger partial charge in [0.1, 0.15) is 12.1 Å². The molecular formula is C10H8IN3O. The van der Waals surface area contributed by atoms with Gasteiger partial charge in [0.05, 0.1) is 3.57 Å². The lowest BCUT2D eigenvalue weighted by Crippen LogP contribution is -1.92. The number of ether oxygens (including phenoxy) is 1. The van der Waals surface area contributed by atoms with Crippen molar-refractivity contribution < 1.29 is 4.74 Å². The van der Waals surface area contributed by atoms with Crippen LogP contribution in [0.2, 0.25) is 0 Å². The first-order chi connectivity index (χ1) is 7.25. The van der Waals surface area contributed by atoms with Gasteiger partial charge in [-0.1, -0.05) is 6.07 Å². The third-order valence-corrected chi connectivity index (χ3v) is 2.45. The molecule has 5 heteroatoms. The van der Waals surface area contributed by atoms with Crippen LogP contribution >= 0.6 is 22.6 Å². The van der Waals surface area contributed by atoms with Crippen molar-refractivity contribution in [2.45, 2.75) is 0 Å². The molecule has 1 aromatic carbocycles. The largest absolute Gasteiger partial charge is 0.438 e. The second-order valence-corrected chi connectivity index (χ2v) is 4.01. The van der Waals surface area contributed by atoms with E-state index in [-0.39, 0.29) is 0 Å². The predicted molar refractivity (Wildman–Crippen MR) is 65.7 cm³/mol. The molecule has 2 aromatic rings. The van der Waals surface area contributed by atoms with Crippen molar-refractivity contribution in [2.75, 3.05) is 5.73 Å². The molecule has 0 aliphatic rings. The maximum Gasteiger partial charge on any atom is 0.235 e. The average Bonchev–Trinajstić information content (AvgIpc) is 2.22. The second-order valence-electron chi connectivity index (χ2n) is 2.85. The fourth-order valence-corrected chi connectivity index (χ4v) is 1.48. The summed E-state index contributed by atoms with van der Waals surface area (Å²) in [6.45, 7) is 0. The van der Waals surface area contributed by atoms with Crippen molar-refractivity contribution in [1.82, 2.24) is 9.97 Å². The summed E-state index contributed by atoms with van der Waals surface area (Å²) < 4.78 is 6.41. The molecule has 0 radical (unpaired) electrons. The molecule has 1 heterocycles. The number of nitrogens with two attached hydrogens (primary N) is 1. The van der Waals surface area contributed by atoms with Crippen LogP contribution in [0.5, 0.6) is 11.6 Å².